The third-order valence-corrected chi connectivity index (χ3v) is 4.96. The molecule has 0 aliphatic carbocycles. The van der Waals surface area contributed by atoms with E-state index >= 15 is 0 Å². The van der Waals surface area contributed by atoms with Crippen LogP contribution in [-0.2, 0) is 0 Å². The standard InChI is InChI=1S/C14H27N3/c1-12-10-13(4-6-15-12)17-9-5-14(11-17)16-7-2-3-8-16/h12-15H,2-11H2,1H3. The predicted molar refractivity (Wildman–Crippen MR) is 71.3 cm³/mol. The van der Waals surface area contributed by atoms with E-state index in [0.717, 1.165) is 18.1 Å². The quantitative estimate of drug-likeness (QED) is 0.781. The van der Waals surface area contributed by atoms with Crippen LogP contribution >= 0.6 is 0 Å². The summed E-state index contributed by atoms with van der Waals surface area (Å²) in [6.45, 7) is 8.97. The van der Waals surface area contributed by atoms with Gasteiger partial charge in [-0.1, -0.05) is 0 Å². The van der Waals surface area contributed by atoms with E-state index in [1.54, 1.807) is 0 Å². The summed E-state index contributed by atoms with van der Waals surface area (Å²) in [5.74, 6) is 0. The molecule has 3 heterocycles. The first-order valence-corrected chi connectivity index (χ1v) is 7.54. The second kappa shape index (κ2) is 5.25. The van der Waals surface area contributed by atoms with E-state index < -0.39 is 0 Å². The number of nitrogens with zero attached hydrogens (tertiary/aromatic N) is 2. The first-order chi connectivity index (χ1) is 8.33. The van der Waals surface area contributed by atoms with Gasteiger partial charge in [-0.05, 0) is 58.7 Å². The molecule has 1 N–H and O–H groups in total. The van der Waals surface area contributed by atoms with Crippen LogP contribution < -0.4 is 5.32 Å². The second-order valence-electron chi connectivity index (χ2n) is 6.21. The maximum absolute atomic E-state index is 3.56. The molecular weight excluding hydrogens is 210 g/mol. The lowest BCUT2D eigenvalue weighted by atomic mass is 9.99. The average molecular weight is 237 g/mol. The van der Waals surface area contributed by atoms with E-state index in [9.17, 15) is 0 Å². The van der Waals surface area contributed by atoms with Crippen molar-refractivity contribution in [3.63, 3.8) is 0 Å². The molecule has 0 saturated carbocycles. The summed E-state index contributed by atoms with van der Waals surface area (Å²) in [7, 11) is 0. The first-order valence-electron chi connectivity index (χ1n) is 7.54. The van der Waals surface area contributed by atoms with Crippen molar-refractivity contribution in [3.05, 3.63) is 0 Å². The third-order valence-electron chi connectivity index (χ3n) is 4.96. The fourth-order valence-electron chi connectivity index (χ4n) is 3.94. The number of nitrogens with one attached hydrogen (secondary N) is 1. The van der Waals surface area contributed by atoms with Crippen molar-refractivity contribution in [1.82, 2.24) is 15.1 Å². The van der Waals surface area contributed by atoms with E-state index in [2.05, 4.69) is 22.0 Å². The van der Waals surface area contributed by atoms with Crippen molar-refractivity contribution in [2.24, 2.45) is 0 Å². The molecule has 0 bridgehead atoms. The van der Waals surface area contributed by atoms with Gasteiger partial charge < -0.3 is 5.32 Å². The second-order valence-corrected chi connectivity index (χ2v) is 6.21. The number of rotatable bonds is 2. The molecule has 3 fully saturated rings. The predicted octanol–water partition coefficient (Wildman–Crippen LogP) is 1.30. The average Bonchev–Trinajstić information content (AvgIpc) is 3.00. The van der Waals surface area contributed by atoms with Gasteiger partial charge in [-0.25, -0.2) is 0 Å². The maximum Gasteiger partial charge on any atom is 0.0235 e. The van der Waals surface area contributed by atoms with Gasteiger partial charge in [0.15, 0.2) is 0 Å². The van der Waals surface area contributed by atoms with Crippen LogP contribution in [-0.4, -0.2) is 60.6 Å². The van der Waals surface area contributed by atoms with Crippen molar-refractivity contribution in [3.8, 4) is 0 Å². The first kappa shape index (κ1) is 11.9. The van der Waals surface area contributed by atoms with Gasteiger partial charge in [0.2, 0.25) is 0 Å². The van der Waals surface area contributed by atoms with Crippen LogP contribution in [0.25, 0.3) is 0 Å². The molecule has 3 aliphatic heterocycles. The van der Waals surface area contributed by atoms with Gasteiger partial charge >= 0.3 is 0 Å². The molecule has 3 atom stereocenters. The molecule has 3 unspecified atom stereocenters. The lowest BCUT2D eigenvalue weighted by Gasteiger charge is -2.35. The highest BCUT2D eigenvalue weighted by molar-refractivity contribution is 4.91. The van der Waals surface area contributed by atoms with E-state index in [0.29, 0.717) is 0 Å². The Kier molecular flexibility index (Phi) is 3.69. The normalized spacial score (nSPS) is 41.1. The van der Waals surface area contributed by atoms with Crippen molar-refractivity contribution in [2.45, 2.75) is 57.2 Å². The van der Waals surface area contributed by atoms with Crippen molar-refractivity contribution in [2.75, 3.05) is 32.7 Å². The minimum Gasteiger partial charge on any atom is -0.314 e. The van der Waals surface area contributed by atoms with E-state index in [1.165, 1.54) is 64.8 Å². The Labute approximate surface area is 106 Å². The SMILES string of the molecule is CC1CC(N2CCC(N3CCCC3)C2)CCN1. The molecule has 3 heteroatoms. The van der Waals surface area contributed by atoms with Crippen LogP contribution in [0.15, 0.2) is 0 Å². The summed E-state index contributed by atoms with van der Waals surface area (Å²) < 4.78 is 0. The molecule has 3 aliphatic rings. The molecular formula is C14H27N3. The lowest BCUT2D eigenvalue weighted by Crippen LogP contribution is -2.47. The Morgan fingerprint density at radius 2 is 1.76 bits per heavy atom. The molecule has 3 nitrogen and oxygen atoms in total. The molecule has 3 rings (SSSR count). The molecule has 3 saturated heterocycles. The highest BCUT2D eigenvalue weighted by Gasteiger charge is 2.33. The smallest absolute Gasteiger partial charge is 0.0235 e. The zero-order valence-electron chi connectivity index (χ0n) is 11.2. The van der Waals surface area contributed by atoms with Crippen LogP contribution in [0.2, 0.25) is 0 Å². The zero-order valence-corrected chi connectivity index (χ0v) is 11.2. The largest absolute Gasteiger partial charge is 0.314 e. The van der Waals surface area contributed by atoms with Crippen molar-refractivity contribution >= 4 is 0 Å². The number of piperidine rings is 1. The number of hydrogen-bond donors (Lipinski definition) is 1. The third kappa shape index (κ3) is 2.67. The lowest BCUT2D eigenvalue weighted by molar-refractivity contribution is 0.159. The Balaban J connectivity index is 1.52. The molecule has 98 valence electrons. The maximum atomic E-state index is 3.56. The monoisotopic (exact) mass is 237 g/mol. The highest BCUT2D eigenvalue weighted by atomic mass is 15.3. The summed E-state index contributed by atoms with van der Waals surface area (Å²) in [4.78, 5) is 5.52. The summed E-state index contributed by atoms with van der Waals surface area (Å²) in [5.41, 5.74) is 0. The summed E-state index contributed by atoms with van der Waals surface area (Å²) in [6, 6.07) is 2.46. The summed E-state index contributed by atoms with van der Waals surface area (Å²) in [5, 5.41) is 3.56. The van der Waals surface area contributed by atoms with E-state index in [-0.39, 0.29) is 0 Å². The van der Waals surface area contributed by atoms with Gasteiger partial charge in [-0.15, -0.1) is 0 Å². The minimum absolute atomic E-state index is 0.722. The van der Waals surface area contributed by atoms with Gasteiger partial charge in [0.25, 0.3) is 0 Å². The van der Waals surface area contributed by atoms with Gasteiger partial charge in [0.05, 0.1) is 0 Å². The fraction of sp³-hybridized carbons (Fsp3) is 1.00. The van der Waals surface area contributed by atoms with Crippen LogP contribution in [0.4, 0.5) is 0 Å². The fourth-order valence-corrected chi connectivity index (χ4v) is 3.94. The molecule has 17 heavy (non-hydrogen) atoms. The minimum atomic E-state index is 0.722. The van der Waals surface area contributed by atoms with Crippen LogP contribution in [0.1, 0.15) is 39.0 Å². The number of likely N-dealkylation sites (tertiary alicyclic amines) is 2. The zero-order chi connectivity index (χ0) is 11.7. The van der Waals surface area contributed by atoms with Gasteiger partial charge in [0, 0.05) is 31.2 Å². The molecule has 0 aromatic carbocycles. The van der Waals surface area contributed by atoms with Crippen LogP contribution in [0, 0.1) is 0 Å². The van der Waals surface area contributed by atoms with Crippen molar-refractivity contribution in [1.29, 1.82) is 0 Å². The highest BCUT2D eigenvalue weighted by Crippen LogP contribution is 2.25. The number of hydrogen-bond acceptors (Lipinski definition) is 3. The molecule has 0 aromatic rings. The molecule has 0 aromatic heterocycles. The molecule has 0 spiro atoms. The Bertz CT molecular complexity index is 250. The Morgan fingerprint density at radius 3 is 2.53 bits per heavy atom. The molecule has 0 amide bonds. The van der Waals surface area contributed by atoms with Gasteiger partial charge in [-0.3, -0.25) is 9.80 Å². The molecule has 0 radical (unpaired) electrons. The van der Waals surface area contributed by atoms with Crippen LogP contribution in [0.3, 0.4) is 0 Å². The van der Waals surface area contributed by atoms with Crippen LogP contribution in [0.5, 0.6) is 0 Å². The summed E-state index contributed by atoms with van der Waals surface area (Å²) in [6.07, 6.45) is 6.99. The van der Waals surface area contributed by atoms with E-state index in [4.69, 9.17) is 0 Å². The van der Waals surface area contributed by atoms with Gasteiger partial charge in [-0.2, -0.15) is 0 Å². The Hall–Kier alpha value is -0.120. The van der Waals surface area contributed by atoms with Crippen molar-refractivity contribution < 1.29 is 0 Å². The summed E-state index contributed by atoms with van der Waals surface area (Å²) >= 11 is 0. The van der Waals surface area contributed by atoms with Gasteiger partial charge in [0.1, 0.15) is 0 Å². The topological polar surface area (TPSA) is 18.5 Å². The van der Waals surface area contributed by atoms with E-state index in [1.807, 2.05) is 0 Å². The Morgan fingerprint density at radius 1 is 0.941 bits per heavy atom.